The van der Waals surface area contributed by atoms with E-state index in [9.17, 15) is 0 Å². The van der Waals surface area contributed by atoms with Crippen molar-refractivity contribution in [1.82, 2.24) is 9.55 Å². The molecule has 2 heterocycles. The zero-order valence-electron chi connectivity index (χ0n) is 6.68. The maximum absolute atomic E-state index is 4.39. The predicted octanol–water partition coefficient (Wildman–Crippen LogP) is 1.68. The van der Waals surface area contributed by atoms with Crippen LogP contribution in [0.4, 0.5) is 0 Å². The molecule has 1 aliphatic rings. The van der Waals surface area contributed by atoms with E-state index in [1.807, 2.05) is 0 Å². The third-order valence-corrected chi connectivity index (χ3v) is 2.01. The first kappa shape index (κ1) is 5.96. The SMILES string of the molecule is Cc1nc2n(c1C(C)C)C2. The van der Waals surface area contributed by atoms with Crippen molar-refractivity contribution in [3.05, 3.63) is 17.2 Å². The first-order valence-corrected chi connectivity index (χ1v) is 3.76. The Morgan fingerprint density at radius 1 is 1.50 bits per heavy atom. The van der Waals surface area contributed by atoms with Gasteiger partial charge in [-0.3, -0.25) is 0 Å². The zero-order chi connectivity index (χ0) is 7.30. The summed E-state index contributed by atoms with van der Waals surface area (Å²) in [5.74, 6) is 1.89. The Morgan fingerprint density at radius 3 is 2.50 bits per heavy atom. The molecule has 1 aromatic heterocycles. The molecule has 0 aromatic carbocycles. The van der Waals surface area contributed by atoms with E-state index in [-0.39, 0.29) is 0 Å². The lowest BCUT2D eigenvalue weighted by Crippen LogP contribution is -1.94. The van der Waals surface area contributed by atoms with E-state index in [0.29, 0.717) is 5.92 Å². The number of aryl methyl sites for hydroxylation is 1. The van der Waals surface area contributed by atoms with Gasteiger partial charge < -0.3 is 4.57 Å². The fourth-order valence-electron chi connectivity index (χ4n) is 1.60. The van der Waals surface area contributed by atoms with Crippen LogP contribution in [0.25, 0.3) is 0 Å². The molecule has 0 spiro atoms. The summed E-state index contributed by atoms with van der Waals surface area (Å²) >= 11 is 0. The first-order chi connectivity index (χ1) is 4.70. The van der Waals surface area contributed by atoms with Gasteiger partial charge in [0.2, 0.25) is 0 Å². The van der Waals surface area contributed by atoms with Gasteiger partial charge in [-0.05, 0) is 12.8 Å². The number of aromatic nitrogens is 2. The molecule has 0 radical (unpaired) electrons. The van der Waals surface area contributed by atoms with Crippen LogP contribution in [0.2, 0.25) is 0 Å². The summed E-state index contributed by atoms with van der Waals surface area (Å²) in [5.41, 5.74) is 2.64. The second kappa shape index (κ2) is 1.62. The Labute approximate surface area is 60.9 Å². The van der Waals surface area contributed by atoms with Gasteiger partial charge in [-0.25, -0.2) is 4.98 Å². The molecule has 0 saturated heterocycles. The van der Waals surface area contributed by atoms with Crippen LogP contribution >= 0.6 is 0 Å². The normalized spacial score (nSPS) is 14.0. The molecule has 2 nitrogen and oxygen atoms in total. The second-order valence-electron chi connectivity index (χ2n) is 3.24. The summed E-state index contributed by atoms with van der Waals surface area (Å²) in [4.78, 5) is 4.39. The first-order valence-electron chi connectivity index (χ1n) is 3.76. The molecule has 1 aromatic rings. The molecule has 0 fully saturated rings. The van der Waals surface area contributed by atoms with Crippen LogP contribution < -0.4 is 0 Å². The van der Waals surface area contributed by atoms with Crippen LogP contribution in [0, 0.1) is 6.92 Å². The van der Waals surface area contributed by atoms with Crippen LogP contribution in [-0.2, 0) is 6.54 Å². The van der Waals surface area contributed by atoms with Crippen molar-refractivity contribution in [3.8, 4) is 0 Å². The van der Waals surface area contributed by atoms with Crippen LogP contribution in [0.1, 0.15) is 37.0 Å². The van der Waals surface area contributed by atoms with Crippen molar-refractivity contribution in [1.29, 1.82) is 0 Å². The summed E-state index contributed by atoms with van der Waals surface area (Å²) in [6.45, 7) is 7.62. The van der Waals surface area contributed by atoms with Gasteiger partial charge in [0.15, 0.2) is 0 Å². The molecule has 0 N–H and O–H groups in total. The highest BCUT2D eigenvalue weighted by molar-refractivity contribution is 5.26. The van der Waals surface area contributed by atoms with Crippen molar-refractivity contribution in [2.45, 2.75) is 33.2 Å². The van der Waals surface area contributed by atoms with Crippen LogP contribution in [0.3, 0.4) is 0 Å². The number of fused-ring (bicyclic) bond motifs is 1. The molecule has 0 aliphatic carbocycles. The average Bonchev–Trinajstić information content (AvgIpc) is 2.42. The van der Waals surface area contributed by atoms with E-state index in [4.69, 9.17) is 0 Å². The molecule has 0 amide bonds. The lowest BCUT2D eigenvalue weighted by Gasteiger charge is -2.03. The number of hydrogen-bond acceptors (Lipinski definition) is 1. The van der Waals surface area contributed by atoms with Gasteiger partial charge >= 0.3 is 0 Å². The van der Waals surface area contributed by atoms with E-state index in [1.165, 1.54) is 17.2 Å². The highest BCUT2D eigenvalue weighted by atomic mass is 15.2. The van der Waals surface area contributed by atoms with Crippen LogP contribution in [0.15, 0.2) is 0 Å². The van der Waals surface area contributed by atoms with Gasteiger partial charge in [0.1, 0.15) is 5.82 Å². The summed E-state index contributed by atoms with van der Waals surface area (Å²) in [6.07, 6.45) is 0. The van der Waals surface area contributed by atoms with Gasteiger partial charge in [-0.2, -0.15) is 0 Å². The van der Waals surface area contributed by atoms with Gasteiger partial charge in [-0.15, -0.1) is 0 Å². The van der Waals surface area contributed by atoms with Gasteiger partial charge in [0.25, 0.3) is 0 Å². The minimum atomic E-state index is 0.628. The van der Waals surface area contributed by atoms with E-state index in [0.717, 1.165) is 6.54 Å². The largest absolute Gasteiger partial charge is 0.322 e. The Morgan fingerprint density at radius 2 is 2.20 bits per heavy atom. The van der Waals surface area contributed by atoms with Crippen molar-refractivity contribution in [3.63, 3.8) is 0 Å². The minimum absolute atomic E-state index is 0.628. The quantitative estimate of drug-likeness (QED) is 0.583. The average molecular weight is 136 g/mol. The second-order valence-corrected chi connectivity index (χ2v) is 3.24. The van der Waals surface area contributed by atoms with Gasteiger partial charge in [0, 0.05) is 5.69 Å². The van der Waals surface area contributed by atoms with E-state index in [2.05, 4.69) is 30.3 Å². The van der Waals surface area contributed by atoms with E-state index in [1.54, 1.807) is 0 Å². The third kappa shape index (κ3) is 0.618. The Kier molecular flexibility index (Phi) is 0.967. The van der Waals surface area contributed by atoms with E-state index >= 15 is 0 Å². The lowest BCUT2D eigenvalue weighted by molar-refractivity contribution is 0.777. The van der Waals surface area contributed by atoms with Gasteiger partial charge in [0.05, 0.1) is 12.2 Å². The molecule has 54 valence electrons. The summed E-state index contributed by atoms with van der Waals surface area (Å²) in [5, 5.41) is 0. The Balaban J connectivity index is 2.50. The maximum atomic E-state index is 4.39. The summed E-state index contributed by atoms with van der Waals surface area (Å²) in [7, 11) is 0. The highest BCUT2D eigenvalue weighted by Crippen LogP contribution is 2.28. The predicted molar refractivity (Wildman–Crippen MR) is 40.2 cm³/mol. The Hall–Kier alpha value is -0.790. The highest BCUT2D eigenvalue weighted by Gasteiger charge is 2.26. The molecule has 2 heteroatoms. The molecule has 1 aliphatic heterocycles. The minimum Gasteiger partial charge on any atom is -0.322 e. The molecule has 0 saturated carbocycles. The Bertz CT molecular complexity index is 267. The van der Waals surface area contributed by atoms with Crippen molar-refractivity contribution in [2.24, 2.45) is 0 Å². The molecule has 0 atom stereocenters. The summed E-state index contributed by atoms with van der Waals surface area (Å²) < 4.78 is 2.29. The number of nitrogens with zero attached hydrogens (tertiary/aromatic N) is 2. The smallest absolute Gasteiger partial charge is 0.129 e. The standard InChI is InChI=1S/C8H12N2/c1-5(2)8-6(3)9-7-4-10(7)8/h5H,4H2,1-3H3. The number of rotatable bonds is 1. The lowest BCUT2D eigenvalue weighted by atomic mass is 10.1. The molecular formula is C8H12N2. The van der Waals surface area contributed by atoms with Crippen LogP contribution in [-0.4, -0.2) is 9.55 Å². The van der Waals surface area contributed by atoms with Crippen molar-refractivity contribution < 1.29 is 0 Å². The molecule has 2 rings (SSSR count). The van der Waals surface area contributed by atoms with Crippen molar-refractivity contribution in [2.75, 3.05) is 0 Å². The van der Waals surface area contributed by atoms with Crippen LogP contribution in [0.5, 0.6) is 0 Å². The zero-order valence-corrected chi connectivity index (χ0v) is 6.68. The third-order valence-electron chi connectivity index (χ3n) is 2.01. The molecule has 0 unspecified atom stereocenters. The fraction of sp³-hybridized carbons (Fsp3) is 0.625. The summed E-state index contributed by atoms with van der Waals surface area (Å²) in [6, 6.07) is 0. The fourth-order valence-corrected chi connectivity index (χ4v) is 1.60. The topological polar surface area (TPSA) is 17.8 Å². The monoisotopic (exact) mass is 136 g/mol. The number of imidazole rings is 1. The number of hydrogen-bond donors (Lipinski definition) is 0. The molecule has 0 bridgehead atoms. The molecular weight excluding hydrogens is 124 g/mol. The van der Waals surface area contributed by atoms with Gasteiger partial charge in [-0.1, -0.05) is 13.8 Å². The molecule has 10 heavy (non-hydrogen) atoms. The van der Waals surface area contributed by atoms with E-state index < -0.39 is 0 Å². The maximum Gasteiger partial charge on any atom is 0.129 e. The van der Waals surface area contributed by atoms with Crippen molar-refractivity contribution >= 4 is 0 Å².